The summed E-state index contributed by atoms with van der Waals surface area (Å²) in [6.45, 7) is 7.77. The van der Waals surface area contributed by atoms with E-state index in [9.17, 15) is 4.79 Å². The minimum Gasteiger partial charge on any atom is -0.426 e. The Hall–Kier alpha value is -1.57. The number of ether oxygens (including phenoxy) is 1. The van der Waals surface area contributed by atoms with Gasteiger partial charge in [-0.3, -0.25) is 4.79 Å². The lowest BCUT2D eigenvalue weighted by Gasteiger charge is -2.22. The highest BCUT2D eigenvalue weighted by molar-refractivity contribution is 5.79. The third-order valence-electron chi connectivity index (χ3n) is 3.40. The van der Waals surface area contributed by atoms with Crippen molar-refractivity contribution in [1.82, 2.24) is 0 Å². The Labute approximate surface area is 102 Å². The average molecular weight is 230 g/mol. The summed E-state index contributed by atoms with van der Waals surface area (Å²) in [5.41, 5.74) is 6.22. The predicted molar refractivity (Wildman–Crippen MR) is 68.7 cm³/mol. The Balaban J connectivity index is 2.59. The van der Waals surface area contributed by atoms with Crippen molar-refractivity contribution in [2.24, 2.45) is 0 Å². The van der Waals surface area contributed by atoms with Crippen molar-refractivity contribution in [3.05, 3.63) is 40.0 Å². The van der Waals surface area contributed by atoms with Gasteiger partial charge >= 0.3 is 5.97 Å². The van der Waals surface area contributed by atoms with Crippen LogP contribution in [-0.2, 0) is 16.0 Å². The molecule has 0 unspecified atom stereocenters. The molecule has 0 spiro atoms. The van der Waals surface area contributed by atoms with Crippen LogP contribution in [0.15, 0.2) is 12.1 Å². The Bertz CT molecular complexity index is 510. The van der Waals surface area contributed by atoms with Crippen molar-refractivity contribution in [2.45, 2.75) is 40.5 Å². The van der Waals surface area contributed by atoms with Crippen molar-refractivity contribution < 1.29 is 9.53 Å². The standard InChI is InChI=1S/C15H18O2/c1-9-8-10(2)13-6-5-7-14(17-12(4)16)15(13)11(9)3/h7-8H,5-6H2,1-4H3. The number of carbonyl (C=O) groups is 1. The number of carbonyl (C=O) groups excluding carboxylic acids is 1. The highest BCUT2D eigenvalue weighted by Gasteiger charge is 2.20. The van der Waals surface area contributed by atoms with Gasteiger partial charge in [-0.1, -0.05) is 6.07 Å². The zero-order chi connectivity index (χ0) is 12.6. The van der Waals surface area contributed by atoms with Crippen LogP contribution in [0, 0.1) is 20.8 Å². The molecule has 0 saturated heterocycles. The maximum absolute atomic E-state index is 11.1. The van der Waals surface area contributed by atoms with Gasteiger partial charge in [0.15, 0.2) is 0 Å². The van der Waals surface area contributed by atoms with E-state index in [1.54, 1.807) is 0 Å². The van der Waals surface area contributed by atoms with Crippen LogP contribution in [0.3, 0.4) is 0 Å². The van der Waals surface area contributed by atoms with Gasteiger partial charge in [-0.15, -0.1) is 0 Å². The maximum atomic E-state index is 11.1. The number of hydrogen-bond donors (Lipinski definition) is 0. The second-order valence-electron chi connectivity index (χ2n) is 4.69. The molecule has 2 heteroatoms. The quantitative estimate of drug-likeness (QED) is 0.690. The van der Waals surface area contributed by atoms with Crippen LogP contribution in [0.4, 0.5) is 0 Å². The number of esters is 1. The van der Waals surface area contributed by atoms with Crippen molar-refractivity contribution in [3.8, 4) is 0 Å². The number of allylic oxidation sites excluding steroid dienone is 1. The van der Waals surface area contributed by atoms with Crippen LogP contribution in [0.1, 0.15) is 41.2 Å². The summed E-state index contributed by atoms with van der Waals surface area (Å²) in [6.07, 6.45) is 4.00. The summed E-state index contributed by atoms with van der Waals surface area (Å²) in [5.74, 6) is 0.491. The van der Waals surface area contributed by atoms with E-state index >= 15 is 0 Å². The molecule has 0 aliphatic heterocycles. The molecule has 2 nitrogen and oxygen atoms in total. The lowest BCUT2D eigenvalue weighted by molar-refractivity contribution is -0.134. The van der Waals surface area contributed by atoms with Gasteiger partial charge in [0.25, 0.3) is 0 Å². The molecule has 1 aliphatic rings. The topological polar surface area (TPSA) is 26.3 Å². The predicted octanol–water partition coefficient (Wildman–Crippen LogP) is 3.46. The van der Waals surface area contributed by atoms with E-state index < -0.39 is 0 Å². The van der Waals surface area contributed by atoms with Crippen LogP contribution in [0.5, 0.6) is 0 Å². The monoisotopic (exact) mass is 230 g/mol. The lowest BCUT2D eigenvalue weighted by atomic mass is 9.86. The van der Waals surface area contributed by atoms with E-state index in [0.717, 1.165) is 24.2 Å². The highest BCUT2D eigenvalue weighted by Crippen LogP contribution is 2.33. The fourth-order valence-corrected chi connectivity index (χ4v) is 2.49. The number of aryl methyl sites for hydroxylation is 2. The highest BCUT2D eigenvalue weighted by atomic mass is 16.5. The van der Waals surface area contributed by atoms with Crippen LogP contribution >= 0.6 is 0 Å². The molecule has 17 heavy (non-hydrogen) atoms. The minimum atomic E-state index is -0.248. The summed E-state index contributed by atoms with van der Waals surface area (Å²) >= 11 is 0. The zero-order valence-electron chi connectivity index (χ0n) is 10.9. The van der Waals surface area contributed by atoms with Gasteiger partial charge in [0.05, 0.1) is 0 Å². The molecule has 0 N–H and O–H groups in total. The average Bonchev–Trinajstić information content (AvgIpc) is 2.25. The molecular weight excluding hydrogens is 212 g/mol. The molecule has 1 aliphatic carbocycles. The molecule has 0 amide bonds. The first-order valence-corrected chi connectivity index (χ1v) is 5.99. The van der Waals surface area contributed by atoms with Gasteiger partial charge in [0, 0.05) is 12.5 Å². The van der Waals surface area contributed by atoms with Gasteiger partial charge < -0.3 is 4.74 Å². The van der Waals surface area contributed by atoms with Crippen LogP contribution in [0.2, 0.25) is 0 Å². The summed E-state index contributed by atoms with van der Waals surface area (Å²) in [5, 5.41) is 0. The minimum absolute atomic E-state index is 0.248. The zero-order valence-corrected chi connectivity index (χ0v) is 10.9. The van der Waals surface area contributed by atoms with Crippen molar-refractivity contribution in [2.75, 3.05) is 0 Å². The number of hydrogen-bond acceptors (Lipinski definition) is 2. The van der Waals surface area contributed by atoms with Crippen LogP contribution in [0.25, 0.3) is 5.76 Å². The van der Waals surface area contributed by atoms with Gasteiger partial charge in [-0.25, -0.2) is 0 Å². The molecule has 2 rings (SSSR count). The SMILES string of the molecule is CC(=O)OC1=CCCc2c(C)cc(C)c(C)c21. The number of benzene rings is 1. The Morgan fingerprint density at radius 1 is 1.24 bits per heavy atom. The molecule has 1 aromatic carbocycles. The molecule has 1 aromatic rings. The molecule has 0 bridgehead atoms. The van der Waals surface area contributed by atoms with Gasteiger partial charge in [-0.2, -0.15) is 0 Å². The summed E-state index contributed by atoms with van der Waals surface area (Å²) in [4.78, 5) is 11.1. The van der Waals surface area contributed by atoms with E-state index in [4.69, 9.17) is 4.74 Å². The second-order valence-corrected chi connectivity index (χ2v) is 4.69. The molecule has 0 atom stereocenters. The molecule has 0 aromatic heterocycles. The fraction of sp³-hybridized carbons (Fsp3) is 0.400. The maximum Gasteiger partial charge on any atom is 0.308 e. The van der Waals surface area contributed by atoms with E-state index in [2.05, 4.69) is 26.8 Å². The van der Waals surface area contributed by atoms with Crippen LogP contribution in [-0.4, -0.2) is 5.97 Å². The fourth-order valence-electron chi connectivity index (χ4n) is 2.49. The normalized spacial score (nSPS) is 14.0. The third-order valence-corrected chi connectivity index (χ3v) is 3.40. The molecule has 0 heterocycles. The summed E-state index contributed by atoms with van der Waals surface area (Å²) < 4.78 is 5.33. The van der Waals surface area contributed by atoms with Crippen LogP contribution < -0.4 is 0 Å². The molecule has 90 valence electrons. The molecule has 0 radical (unpaired) electrons. The van der Waals surface area contributed by atoms with E-state index in [-0.39, 0.29) is 5.97 Å². The third kappa shape index (κ3) is 2.12. The first-order valence-electron chi connectivity index (χ1n) is 5.99. The Kier molecular flexibility index (Phi) is 3.05. The van der Waals surface area contributed by atoms with E-state index in [1.165, 1.54) is 29.2 Å². The van der Waals surface area contributed by atoms with Crippen molar-refractivity contribution in [3.63, 3.8) is 0 Å². The lowest BCUT2D eigenvalue weighted by Crippen LogP contribution is -2.10. The van der Waals surface area contributed by atoms with Crippen molar-refractivity contribution >= 4 is 11.7 Å². The van der Waals surface area contributed by atoms with E-state index in [1.807, 2.05) is 6.08 Å². The van der Waals surface area contributed by atoms with Gasteiger partial charge in [0.2, 0.25) is 0 Å². The molecular formula is C15H18O2. The number of rotatable bonds is 1. The van der Waals surface area contributed by atoms with E-state index in [0.29, 0.717) is 0 Å². The molecule has 0 saturated carbocycles. The second kappa shape index (κ2) is 4.36. The number of fused-ring (bicyclic) bond motifs is 1. The summed E-state index contributed by atoms with van der Waals surface area (Å²) in [7, 11) is 0. The first kappa shape index (κ1) is 11.9. The van der Waals surface area contributed by atoms with Gasteiger partial charge in [-0.05, 0) is 61.9 Å². The summed E-state index contributed by atoms with van der Waals surface area (Å²) in [6, 6.07) is 2.21. The largest absolute Gasteiger partial charge is 0.426 e. The Morgan fingerprint density at radius 2 is 1.94 bits per heavy atom. The first-order chi connectivity index (χ1) is 8.00. The van der Waals surface area contributed by atoms with Crippen molar-refractivity contribution in [1.29, 1.82) is 0 Å². The Morgan fingerprint density at radius 3 is 2.59 bits per heavy atom. The smallest absolute Gasteiger partial charge is 0.308 e. The molecule has 0 fully saturated rings. The van der Waals surface area contributed by atoms with Gasteiger partial charge in [0.1, 0.15) is 5.76 Å².